The van der Waals surface area contributed by atoms with Gasteiger partial charge in [0.1, 0.15) is 5.75 Å². The van der Waals surface area contributed by atoms with E-state index in [4.69, 9.17) is 4.74 Å². The van der Waals surface area contributed by atoms with Crippen molar-refractivity contribution in [3.8, 4) is 5.75 Å². The van der Waals surface area contributed by atoms with Gasteiger partial charge in [0.25, 0.3) is 0 Å². The van der Waals surface area contributed by atoms with Crippen molar-refractivity contribution in [3.63, 3.8) is 0 Å². The zero-order chi connectivity index (χ0) is 16.7. The van der Waals surface area contributed by atoms with Crippen molar-refractivity contribution >= 4 is 17.3 Å². The van der Waals surface area contributed by atoms with Crippen LogP contribution in [-0.4, -0.2) is 26.7 Å². The van der Waals surface area contributed by atoms with E-state index in [0.717, 1.165) is 24.8 Å². The van der Waals surface area contributed by atoms with E-state index in [2.05, 4.69) is 59.1 Å². The number of aliphatic imine (C=N–C) groups is 1. The van der Waals surface area contributed by atoms with Crippen LogP contribution in [0.3, 0.4) is 0 Å². The average Bonchev–Trinajstić information content (AvgIpc) is 3.11. The molecule has 5 heteroatoms. The van der Waals surface area contributed by atoms with Gasteiger partial charge in [0.15, 0.2) is 5.96 Å². The summed E-state index contributed by atoms with van der Waals surface area (Å²) in [5, 5.41) is 8.87. The Hall–Kier alpha value is -2.01. The number of thiophene rings is 1. The van der Waals surface area contributed by atoms with Gasteiger partial charge in [-0.1, -0.05) is 32.0 Å². The van der Waals surface area contributed by atoms with E-state index >= 15 is 0 Å². The number of guanidine groups is 1. The molecule has 0 spiro atoms. The second kappa shape index (κ2) is 8.02. The van der Waals surface area contributed by atoms with Gasteiger partial charge in [0.05, 0.1) is 7.11 Å². The van der Waals surface area contributed by atoms with Crippen LogP contribution in [0, 0.1) is 0 Å². The Labute approximate surface area is 142 Å². The summed E-state index contributed by atoms with van der Waals surface area (Å²) in [7, 11) is 3.47. The Kier molecular flexibility index (Phi) is 6.04. The molecule has 23 heavy (non-hydrogen) atoms. The minimum absolute atomic E-state index is 0.0753. The van der Waals surface area contributed by atoms with Crippen LogP contribution in [0.5, 0.6) is 5.75 Å². The molecule has 0 aliphatic rings. The van der Waals surface area contributed by atoms with Gasteiger partial charge in [-0.25, -0.2) is 0 Å². The molecule has 0 amide bonds. The fourth-order valence-electron chi connectivity index (χ4n) is 2.21. The van der Waals surface area contributed by atoms with E-state index in [1.807, 2.05) is 12.1 Å². The molecule has 0 saturated heterocycles. The Morgan fingerprint density at radius 3 is 2.48 bits per heavy atom. The second-order valence-corrected chi connectivity index (χ2v) is 6.94. The van der Waals surface area contributed by atoms with E-state index in [1.165, 1.54) is 10.4 Å². The molecule has 4 nitrogen and oxygen atoms in total. The van der Waals surface area contributed by atoms with Crippen molar-refractivity contribution in [2.45, 2.75) is 25.8 Å². The predicted molar refractivity (Wildman–Crippen MR) is 98.5 cm³/mol. The maximum atomic E-state index is 5.17. The van der Waals surface area contributed by atoms with Crippen LogP contribution in [0.2, 0.25) is 0 Å². The van der Waals surface area contributed by atoms with Gasteiger partial charge in [0.2, 0.25) is 0 Å². The van der Waals surface area contributed by atoms with Crippen LogP contribution in [0.25, 0.3) is 0 Å². The standard InChI is InChI=1S/C18H25N3OS/c1-18(2,16-6-5-11-23-16)13-21-17(19-3)20-12-14-7-9-15(22-4)10-8-14/h5-11H,12-13H2,1-4H3,(H2,19,20,21). The molecule has 0 atom stereocenters. The maximum absolute atomic E-state index is 5.17. The number of nitrogens with zero attached hydrogens (tertiary/aromatic N) is 1. The number of methoxy groups -OCH3 is 1. The molecule has 0 fully saturated rings. The lowest BCUT2D eigenvalue weighted by Gasteiger charge is -2.25. The van der Waals surface area contributed by atoms with Crippen LogP contribution in [0.4, 0.5) is 0 Å². The first-order valence-corrected chi connectivity index (χ1v) is 8.54. The highest BCUT2D eigenvalue weighted by atomic mass is 32.1. The van der Waals surface area contributed by atoms with Gasteiger partial charge in [-0.2, -0.15) is 0 Å². The summed E-state index contributed by atoms with van der Waals surface area (Å²) in [5.74, 6) is 1.68. The summed E-state index contributed by atoms with van der Waals surface area (Å²) in [6.07, 6.45) is 0. The van der Waals surface area contributed by atoms with E-state index in [1.54, 1.807) is 25.5 Å². The van der Waals surface area contributed by atoms with Crippen molar-refractivity contribution < 1.29 is 4.74 Å². The summed E-state index contributed by atoms with van der Waals surface area (Å²) in [5.41, 5.74) is 1.26. The van der Waals surface area contributed by atoms with Crippen LogP contribution >= 0.6 is 11.3 Å². The minimum Gasteiger partial charge on any atom is -0.497 e. The molecule has 0 radical (unpaired) electrons. The Morgan fingerprint density at radius 1 is 1.17 bits per heavy atom. The van der Waals surface area contributed by atoms with Gasteiger partial charge < -0.3 is 15.4 Å². The van der Waals surface area contributed by atoms with E-state index in [9.17, 15) is 0 Å². The minimum atomic E-state index is 0.0753. The van der Waals surface area contributed by atoms with Crippen LogP contribution in [0.1, 0.15) is 24.3 Å². The molecule has 0 unspecified atom stereocenters. The van der Waals surface area contributed by atoms with Crippen molar-refractivity contribution in [1.82, 2.24) is 10.6 Å². The molecule has 0 bridgehead atoms. The molecule has 1 aromatic carbocycles. The SMILES string of the molecule is CN=C(NCc1ccc(OC)cc1)NCC(C)(C)c1cccs1. The molecule has 0 aliphatic heterocycles. The number of ether oxygens (including phenoxy) is 1. The summed E-state index contributed by atoms with van der Waals surface area (Å²) in [6.45, 7) is 6.03. The fraction of sp³-hybridized carbons (Fsp3) is 0.389. The van der Waals surface area contributed by atoms with Gasteiger partial charge in [-0.3, -0.25) is 4.99 Å². The summed E-state index contributed by atoms with van der Waals surface area (Å²) in [6, 6.07) is 12.3. The number of benzene rings is 1. The number of rotatable bonds is 6. The monoisotopic (exact) mass is 331 g/mol. The molecular formula is C18H25N3OS. The third-order valence-corrected chi connectivity index (χ3v) is 4.96. The highest BCUT2D eigenvalue weighted by molar-refractivity contribution is 7.10. The first-order chi connectivity index (χ1) is 11.0. The van der Waals surface area contributed by atoms with E-state index in [0.29, 0.717) is 0 Å². The smallest absolute Gasteiger partial charge is 0.191 e. The number of hydrogen-bond acceptors (Lipinski definition) is 3. The van der Waals surface area contributed by atoms with E-state index < -0.39 is 0 Å². The van der Waals surface area contributed by atoms with Crippen LogP contribution < -0.4 is 15.4 Å². The molecule has 2 N–H and O–H groups in total. The molecular weight excluding hydrogens is 306 g/mol. The third kappa shape index (κ3) is 4.99. The molecule has 124 valence electrons. The third-order valence-electron chi connectivity index (χ3n) is 3.73. The van der Waals surface area contributed by atoms with Crippen LogP contribution in [-0.2, 0) is 12.0 Å². The first kappa shape index (κ1) is 17.3. The van der Waals surface area contributed by atoms with Crippen LogP contribution in [0.15, 0.2) is 46.8 Å². The lowest BCUT2D eigenvalue weighted by molar-refractivity contribution is 0.414. The highest BCUT2D eigenvalue weighted by Crippen LogP contribution is 2.26. The zero-order valence-electron chi connectivity index (χ0n) is 14.2. The van der Waals surface area contributed by atoms with Gasteiger partial charge >= 0.3 is 0 Å². The van der Waals surface area contributed by atoms with E-state index in [-0.39, 0.29) is 5.41 Å². The lowest BCUT2D eigenvalue weighted by Crippen LogP contribution is -2.42. The van der Waals surface area contributed by atoms with Gasteiger partial charge in [-0.05, 0) is 29.1 Å². The Morgan fingerprint density at radius 2 is 1.91 bits per heavy atom. The molecule has 1 heterocycles. The lowest BCUT2D eigenvalue weighted by atomic mass is 9.91. The molecule has 2 rings (SSSR count). The average molecular weight is 331 g/mol. The Balaban J connectivity index is 1.85. The molecule has 1 aromatic heterocycles. The van der Waals surface area contributed by atoms with Crippen molar-refractivity contribution in [1.29, 1.82) is 0 Å². The normalized spacial score (nSPS) is 12.1. The summed E-state index contributed by atoms with van der Waals surface area (Å²) in [4.78, 5) is 5.67. The quantitative estimate of drug-likeness (QED) is 0.630. The topological polar surface area (TPSA) is 45.7 Å². The van der Waals surface area contributed by atoms with Gasteiger partial charge in [-0.15, -0.1) is 11.3 Å². The van der Waals surface area contributed by atoms with Crippen molar-refractivity contribution in [2.75, 3.05) is 20.7 Å². The first-order valence-electron chi connectivity index (χ1n) is 7.66. The number of hydrogen-bond donors (Lipinski definition) is 2. The highest BCUT2D eigenvalue weighted by Gasteiger charge is 2.21. The summed E-state index contributed by atoms with van der Waals surface area (Å²) >= 11 is 1.79. The largest absolute Gasteiger partial charge is 0.497 e. The Bertz CT molecular complexity index is 618. The fourth-order valence-corrected chi connectivity index (χ4v) is 3.06. The molecule has 0 aliphatic carbocycles. The molecule has 2 aromatic rings. The maximum Gasteiger partial charge on any atom is 0.191 e. The van der Waals surface area contributed by atoms with Crippen molar-refractivity contribution in [3.05, 3.63) is 52.2 Å². The van der Waals surface area contributed by atoms with Gasteiger partial charge in [0, 0.05) is 30.4 Å². The number of nitrogens with one attached hydrogen (secondary N) is 2. The van der Waals surface area contributed by atoms with Crippen molar-refractivity contribution in [2.24, 2.45) is 4.99 Å². The zero-order valence-corrected chi connectivity index (χ0v) is 15.0. The molecule has 0 saturated carbocycles. The summed E-state index contributed by atoms with van der Waals surface area (Å²) < 4.78 is 5.17. The predicted octanol–water partition coefficient (Wildman–Crippen LogP) is 3.40. The second-order valence-electron chi connectivity index (χ2n) is 5.99.